The lowest BCUT2D eigenvalue weighted by atomic mass is 10.4. The Labute approximate surface area is 82.4 Å². The molecule has 0 aliphatic heterocycles. The molecule has 70 valence electrons. The van der Waals surface area contributed by atoms with E-state index in [0.717, 1.165) is 11.3 Å². The van der Waals surface area contributed by atoms with Crippen LogP contribution in [0.3, 0.4) is 0 Å². The third-order valence-corrected chi connectivity index (χ3v) is 1.61. The van der Waals surface area contributed by atoms with Crippen molar-refractivity contribution in [2.45, 2.75) is 20.8 Å². The number of hydrogen-bond acceptors (Lipinski definition) is 2. The number of hydrogen-bond donors (Lipinski definition) is 0. The Bertz CT molecular complexity index is 395. The highest BCUT2D eigenvalue weighted by atomic mass is 35.5. The molecule has 4 heteroatoms. The van der Waals surface area contributed by atoms with Crippen molar-refractivity contribution in [2.24, 2.45) is 0 Å². The number of imidazole rings is 1. The summed E-state index contributed by atoms with van der Waals surface area (Å²) in [5.41, 5.74) is 1.73. The van der Waals surface area contributed by atoms with Gasteiger partial charge < -0.3 is 0 Å². The van der Waals surface area contributed by atoms with E-state index in [9.17, 15) is 0 Å². The minimum Gasteiger partial charge on any atom is -0.219 e. The van der Waals surface area contributed by atoms with Gasteiger partial charge in [0.25, 0.3) is 0 Å². The Hall–Kier alpha value is -1.09. The second-order valence-electron chi connectivity index (χ2n) is 2.34. The van der Waals surface area contributed by atoms with Crippen molar-refractivity contribution < 1.29 is 0 Å². The number of nitrogens with zero attached hydrogens (tertiary/aromatic N) is 3. The van der Waals surface area contributed by atoms with Gasteiger partial charge in [-0.25, -0.2) is 9.50 Å². The molecule has 0 radical (unpaired) electrons. The fourth-order valence-electron chi connectivity index (χ4n) is 0.949. The van der Waals surface area contributed by atoms with Gasteiger partial charge in [0.15, 0.2) is 5.65 Å². The minimum absolute atomic E-state index is 0.475. The van der Waals surface area contributed by atoms with Crippen LogP contribution in [0.15, 0.2) is 18.3 Å². The van der Waals surface area contributed by atoms with Crippen molar-refractivity contribution in [3.05, 3.63) is 29.2 Å². The van der Waals surface area contributed by atoms with Crippen molar-refractivity contribution in [3.63, 3.8) is 0 Å². The number of aryl methyl sites for hydroxylation is 1. The predicted molar refractivity (Wildman–Crippen MR) is 54.1 cm³/mol. The molecule has 0 N–H and O–H groups in total. The van der Waals surface area contributed by atoms with Gasteiger partial charge in [-0.15, -0.1) is 0 Å². The summed E-state index contributed by atoms with van der Waals surface area (Å²) < 4.78 is 1.66. The summed E-state index contributed by atoms with van der Waals surface area (Å²) in [6, 6.07) is 3.78. The third kappa shape index (κ3) is 2.18. The molecule has 0 spiro atoms. The molecule has 2 aromatic heterocycles. The van der Waals surface area contributed by atoms with Crippen LogP contribution in [0.4, 0.5) is 0 Å². The molecule has 3 nitrogen and oxygen atoms in total. The van der Waals surface area contributed by atoms with Crippen molar-refractivity contribution in [2.75, 3.05) is 0 Å². The van der Waals surface area contributed by atoms with Gasteiger partial charge in [-0.2, -0.15) is 5.10 Å². The molecule has 0 saturated carbocycles. The van der Waals surface area contributed by atoms with Gasteiger partial charge >= 0.3 is 0 Å². The Morgan fingerprint density at radius 3 is 2.69 bits per heavy atom. The monoisotopic (exact) mass is 197 g/mol. The van der Waals surface area contributed by atoms with Crippen LogP contribution >= 0.6 is 11.6 Å². The van der Waals surface area contributed by atoms with Crippen molar-refractivity contribution >= 4 is 17.2 Å². The van der Waals surface area contributed by atoms with Gasteiger partial charge in [0.1, 0.15) is 5.15 Å². The van der Waals surface area contributed by atoms with Crippen LogP contribution in [0.25, 0.3) is 5.65 Å². The van der Waals surface area contributed by atoms with Crippen LogP contribution in [0.1, 0.15) is 19.5 Å². The first-order valence-electron chi connectivity index (χ1n) is 4.24. The van der Waals surface area contributed by atoms with E-state index >= 15 is 0 Å². The summed E-state index contributed by atoms with van der Waals surface area (Å²) in [6.45, 7) is 5.92. The fourth-order valence-corrected chi connectivity index (χ4v) is 1.13. The molecule has 2 rings (SSSR count). The topological polar surface area (TPSA) is 30.2 Å². The Balaban J connectivity index is 0.000000396. The van der Waals surface area contributed by atoms with Crippen LogP contribution in [0.2, 0.25) is 5.15 Å². The molecule has 0 aliphatic carbocycles. The lowest BCUT2D eigenvalue weighted by molar-refractivity contribution is 0.901. The standard InChI is InChI=1S/C7H6ClN3.C2H6/c1-5-2-3-7-9-6(8)4-11(7)10-5;1-2/h2-4H,1H3;1-2H3. The first kappa shape index (κ1) is 9.99. The van der Waals surface area contributed by atoms with Gasteiger partial charge in [-0.05, 0) is 19.1 Å². The van der Waals surface area contributed by atoms with E-state index < -0.39 is 0 Å². The summed E-state index contributed by atoms with van der Waals surface area (Å²) in [5, 5.41) is 4.64. The van der Waals surface area contributed by atoms with Crippen molar-refractivity contribution in [3.8, 4) is 0 Å². The highest BCUT2D eigenvalue weighted by Crippen LogP contribution is 2.07. The molecule has 13 heavy (non-hydrogen) atoms. The van der Waals surface area contributed by atoms with Gasteiger partial charge in [-0.3, -0.25) is 0 Å². The molecule has 0 aliphatic rings. The molecular formula is C9H12ClN3. The zero-order valence-electron chi connectivity index (χ0n) is 7.95. The highest BCUT2D eigenvalue weighted by molar-refractivity contribution is 6.29. The van der Waals surface area contributed by atoms with E-state index in [0.29, 0.717) is 5.15 Å². The Morgan fingerprint density at radius 2 is 2.00 bits per heavy atom. The first-order chi connectivity index (χ1) is 6.25. The van der Waals surface area contributed by atoms with E-state index in [1.54, 1.807) is 10.7 Å². The lowest BCUT2D eigenvalue weighted by Crippen LogP contribution is -1.91. The van der Waals surface area contributed by atoms with E-state index in [2.05, 4.69) is 10.1 Å². The summed E-state index contributed by atoms with van der Waals surface area (Å²) in [7, 11) is 0. The van der Waals surface area contributed by atoms with Crippen LogP contribution in [0, 0.1) is 6.92 Å². The van der Waals surface area contributed by atoms with Gasteiger partial charge in [0, 0.05) is 0 Å². The second-order valence-corrected chi connectivity index (χ2v) is 2.73. The van der Waals surface area contributed by atoms with Gasteiger partial charge in [0.05, 0.1) is 11.9 Å². The fraction of sp³-hybridized carbons (Fsp3) is 0.333. The SMILES string of the molecule is CC.Cc1ccc2nc(Cl)cn2n1. The molecule has 0 atom stereocenters. The number of aromatic nitrogens is 3. The number of rotatable bonds is 0. The molecule has 0 bridgehead atoms. The van der Waals surface area contributed by atoms with Crippen LogP contribution in [0.5, 0.6) is 0 Å². The highest BCUT2D eigenvalue weighted by Gasteiger charge is 1.97. The Kier molecular flexibility index (Phi) is 3.25. The summed E-state index contributed by atoms with van der Waals surface area (Å²) >= 11 is 5.66. The molecule has 0 fully saturated rings. The zero-order chi connectivity index (χ0) is 9.84. The molecule has 2 heterocycles. The summed E-state index contributed by atoms with van der Waals surface area (Å²) in [4.78, 5) is 4.02. The second kappa shape index (κ2) is 4.23. The predicted octanol–water partition coefficient (Wildman–Crippen LogP) is 2.72. The van der Waals surface area contributed by atoms with E-state index in [-0.39, 0.29) is 0 Å². The van der Waals surface area contributed by atoms with E-state index in [4.69, 9.17) is 11.6 Å². The van der Waals surface area contributed by atoms with Crippen molar-refractivity contribution in [1.82, 2.24) is 14.6 Å². The van der Waals surface area contributed by atoms with Crippen LogP contribution in [-0.2, 0) is 0 Å². The molecule has 2 aromatic rings. The zero-order valence-corrected chi connectivity index (χ0v) is 8.71. The molecule has 0 amide bonds. The largest absolute Gasteiger partial charge is 0.219 e. The first-order valence-corrected chi connectivity index (χ1v) is 4.62. The summed E-state index contributed by atoms with van der Waals surface area (Å²) in [5.74, 6) is 0. The Morgan fingerprint density at radius 1 is 1.31 bits per heavy atom. The normalized spacial score (nSPS) is 9.54. The van der Waals surface area contributed by atoms with Crippen molar-refractivity contribution in [1.29, 1.82) is 0 Å². The van der Waals surface area contributed by atoms with Gasteiger partial charge in [0.2, 0.25) is 0 Å². The maximum atomic E-state index is 5.66. The minimum atomic E-state index is 0.475. The lowest BCUT2D eigenvalue weighted by Gasteiger charge is -1.91. The van der Waals surface area contributed by atoms with E-state index in [1.165, 1.54) is 0 Å². The molecular weight excluding hydrogens is 186 g/mol. The summed E-state index contributed by atoms with van der Waals surface area (Å²) in [6.07, 6.45) is 1.68. The van der Waals surface area contributed by atoms with Gasteiger partial charge in [-0.1, -0.05) is 25.4 Å². The molecule has 0 saturated heterocycles. The van der Waals surface area contributed by atoms with Crippen LogP contribution < -0.4 is 0 Å². The smallest absolute Gasteiger partial charge is 0.155 e. The number of halogens is 1. The van der Waals surface area contributed by atoms with Crippen LogP contribution in [-0.4, -0.2) is 14.6 Å². The average Bonchev–Trinajstić information content (AvgIpc) is 2.48. The quantitative estimate of drug-likeness (QED) is 0.650. The maximum absolute atomic E-state index is 5.66. The number of fused-ring (bicyclic) bond motifs is 1. The molecule has 0 aromatic carbocycles. The van der Waals surface area contributed by atoms with E-state index in [1.807, 2.05) is 32.9 Å². The average molecular weight is 198 g/mol. The third-order valence-electron chi connectivity index (χ3n) is 1.42. The molecule has 0 unspecified atom stereocenters. The maximum Gasteiger partial charge on any atom is 0.155 e.